The molecule has 1 unspecified atom stereocenters. The van der Waals surface area contributed by atoms with Crippen LogP contribution in [0.5, 0.6) is 0 Å². The van der Waals surface area contributed by atoms with Crippen LogP contribution in [0.25, 0.3) is 0 Å². The second kappa shape index (κ2) is 8.13. The fourth-order valence-electron chi connectivity index (χ4n) is 2.30. The van der Waals surface area contributed by atoms with Crippen molar-refractivity contribution in [3.8, 4) is 0 Å². The van der Waals surface area contributed by atoms with Gasteiger partial charge in [-0.15, -0.1) is 11.8 Å². The van der Waals surface area contributed by atoms with Crippen molar-refractivity contribution in [2.24, 2.45) is 0 Å². The zero-order valence-electron chi connectivity index (χ0n) is 12.3. The molecule has 106 valence electrons. The van der Waals surface area contributed by atoms with Crippen molar-refractivity contribution in [2.75, 3.05) is 12.3 Å². The molecular formula is C18H23NS. The Morgan fingerprint density at radius 3 is 2.40 bits per heavy atom. The fraction of sp³-hybridized carbons (Fsp3) is 0.333. The Morgan fingerprint density at radius 2 is 1.70 bits per heavy atom. The molecule has 0 spiro atoms. The Morgan fingerprint density at radius 1 is 1.00 bits per heavy atom. The van der Waals surface area contributed by atoms with Crippen LogP contribution in [0.15, 0.2) is 59.5 Å². The first kappa shape index (κ1) is 15.1. The van der Waals surface area contributed by atoms with Crippen molar-refractivity contribution < 1.29 is 0 Å². The monoisotopic (exact) mass is 285 g/mol. The van der Waals surface area contributed by atoms with E-state index in [2.05, 4.69) is 73.8 Å². The second-order valence-corrected chi connectivity index (χ2v) is 6.10. The van der Waals surface area contributed by atoms with Gasteiger partial charge >= 0.3 is 0 Å². The highest BCUT2D eigenvalue weighted by Crippen LogP contribution is 2.20. The third kappa shape index (κ3) is 4.69. The molecule has 0 aromatic heterocycles. The molecule has 0 bridgehead atoms. The lowest BCUT2D eigenvalue weighted by Gasteiger charge is -2.18. The van der Waals surface area contributed by atoms with E-state index >= 15 is 0 Å². The van der Waals surface area contributed by atoms with Crippen molar-refractivity contribution in [3.63, 3.8) is 0 Å². The molecule has 1 atom stereocenters. The van der Waals surface area contributed by atoms with Gasteiger partial charge < -0.3 is 5.32 Å². The summed E-state index contributed by atoms with van der Waals surface area (Å²) in [5.74, 6) is 1.10. The molecule has 0 radical (unpaired) electrons. The van der Waals surface area contributed by atoms with Gasteiger partial charge in [-0.1, -0.05) is 49.4 Å². The average molecular weight is 285 g/mol. The molecule has 0 aliphatic heterocycles. The first-order chi connectivity index (χ1) is 9.79. The lowest BCUT2D eigenvalue weighted by Crippen LogP contribution is -2.33. The Hall–Kier alpha value is -1.25. The maximum atomic E-state index is 3.61. The fourth-order valence-corrected chi connectivity index (χ4v) is 3.28. The summed E-state index contributed by atoms with van der Waals surface area (Å²) in [7, 11) is 0. The van der Waals surface area contributed by atoms with Gasteiger partial charge in [0.2, 0.25) is 0 Å². The molecule has 1 N–H and O–H groups in total. The smallest absolute Gasteiger partial charge is 0.0202 e. The van der Waals surface area contributed by atoms with Gasteiger partial charge in [0.25, 0.3) is 0 Å². The molecule has 2 heteroatoms. The molecule has 2 aromatic carbocycles. The van der Waals surface area contributed by atoms with Crippen LogP contribution in [0.3, 0.4) is 0 Å². The lowest BCUT2D eigenvalue weighted by molar-refractivity contribution is 0.571. The highest BCUT2D eigenvalue weighted by atomic mass is 32.2. The van der Waals surface area contributed by atoms with Crippen molar-refractivity contribution >= 4 is 11.8 Å². The summed E-state index contributed by atoms with van der Waals surface area (Å²) in [6, 6.07) is 19.8. The van der Waals surface area contributed by atoms with Gasteiger partial charge in [0.15, 0.2) is 0 Å². The van der Waals surface area contributed by atoms with Gasteiger partial charge in [0, 0.05) is 16.7 Å². The number of hydrogen-bond acceptors (Lipinski definition) is 2. The number of thioether (sulfide) groups is 1. The first-order valence-electron chi connectivity index (χ1n) is 7.25. The van der Waals surface area contributed by atoms with E-state index in [1.807, 2.05) is 11.8 Å². The summed E-state index contributed by atoms with van der Waals surface area (Å²) < 4.78 is 0. The predicted octanol–water partition coefficient (Wildman–Crippen LogP) is 4.31. The SMILES string of the molecule is CCNC(CSc1ccccc1)Cc1ccccc1C. The van der Waals surface area contributed by atoms with Crippen LogP contribution < -0.4 is 5.32 Å². The van der Waals surface area contributed by atoms with Crippen molar-refractivity contribution in [1.82, 2.24) is 5.32 Å². The predicted molar refractivity (Wildman–Crippen MR) is 89.5 cm³/mol. The van der Waals surface area contributed by atoms with Crippen LogP contribution in [0.4, 0.5) is 0 Å². The Balaban J connectivity index is 1.95. The lowest BCUT2D eigenvalue weighted by atomic mass is 10.0. The summed E-state index contributed by atoms with van der Waals surface area (Å²) >= 11 is 1.93. The highest BCUT2D eigenvalue weighted by molar-refractivity contribution is 7.99. The summed E-state index contributed by atoms with van der Waals surface area (Å²) in [6.45, 7) is 5.40. The molecule has 1 nitrogen and oxygen atoms in total. The molecule has 2 aromatic rings. The van der Waals surface area contributed by atoms with E-state index in [9.17, 15) is 0 Å². The molecule has 0 saturated carbocycles. The van der Waals surface area contributed by atoms with Crippen LogP contribution in [0.1, 0.15) is 18.1 Å². The van der Waals surface area contributed by atoms with E-state index in [1.165, 1.54) is 16.0 Å². The van der Waals surface area contributed by atoms with Gasteiger partial charge in [-0.25, -0.2) is 0 Å². The molecule has 2 rings (SSSR count). The summed E-state index contributed by atoms with van der Waals surface area (Å²) in [4.78, 5) is 1.35. The maximum Gasteiger partial charge on any atom is 0.0202 e. The molecule has 0 fully saturated rings. The van der Waals surface area contributed by atoms with Gasteiger partial charge in [0.1, 0.15) is 0 Å². The molecule has 0 aliphatic carbocycles. The molecule has 0 saturated heterocycles. The first-order valence-corrected chi connectivity index (χ1v) is 8.24. The molecule has 0 aliphatic rings. The maximum absolute atomic E-state index is 3.61. The third-order valence-corrected chi connectivity index (χ3v) is 4.59. The van der Waals surface area contributed by atoms with Crippen LogP contribution >= 0.6 is 11.8 Å². The van der Waals surface area contributed by atoms with E-state index in [-0.39, 0.29) is 0 Å². The van der Waals surface area contributed by atoms with Crippen LogP contribution in [0, 0.1) is 6.92 Å². The number of likely N-dealkylation sites (N-methyl/N-ethyl adjacent to an activating group) is 1. The van der Waals surface area contributed by atoms with Gasteiger partial charge in [-0.3, -0.25) is 0 Å². The Labute approximate surface area is 126 Å². The minimum absolute atomic E-state index is 0.520. The van der Waals surface area contributed by atoms with Gasteiger partial charge in [-0.05, 0) is 43.1 Å². The summed E-state index contributed by atoms with van der Waals surface area (Å²) in [6.07, 6.45) is 1.10. The average Bonchev–Trinajstić information content (AvgIpc) is 2.48. The third-order valence-electron chi connectivity index (χ3n) is 3.41. The number of aryl methyl sites for hydroxylation is 1. The number of rotatable bonds is 7. The number of hydrogen-bond donors (Lipinski definition) is 1. The van der Waals surface area contributed by atoms with Crippen LogP contribution in [-0.2, 0) is 6.42 Å². The van der Waals surface area contributed by atoms with E-state index in [1.54, 1.807) is 0 Å². The van der Waals surface area contributed by atoms with Crippen molar-refractivity contribution in [2.45, 2.75) is 31.2 Å². The standard InChI is InChI=1S/C18H23NS/c1-3-19-17(13-16-10-8-7-9-15(16)2)14-20-18-11-5-4-6-12-18/h4-12,17,19H,3,13-14H2,1-2H3. The molecule has 20 heavy (non-hydrogen) atoms. The number of benzene rings is 2. The van der Waals surface area contributed by atoms with E-state index in [0.717, 1.165) is 18.7 Å². The second-order valence-electron chi connectivity index (χ2n) is 5.01. The van der Waals surface area contributed by atoms with Crippen molar-refractivity contribution in [1.29, 1.82) is 0 Å². The Kier molecular flexibility index (Phi) is 6.16. The normalized spacial score (nSPS) is 12.3. The molecule has 0 amide bonds. The zero-order valence-corrected chi connectivity index (χ0v) is 13.1. The molecular weight excluding hydrogens is 262 g/mol. The summed E-state index contributed by atoms with van der Waals surface area (Å²) in [5, 5.41) is 3.61. The largest absolute Gasteiger partial charge is 0.313 e. The topological polar surface area (TPSA) is 12.0 Å². The van der Waals surface area contributed by atoms with E-state index in [0.29, 0.717) is 6.04 Å². The minimum atomic E-state index is 0.520. The van der Waals surface area contributed by atoms with E-state index in [4.69, 9.17) is 0 Å². The Bertz CT molecular complexity index is 510. The molecule has 0 heterocycles. The highest BCUT2D eigenvalue weighted by Gasteiger charge is 2.10. The van der Waals surface area contributed by atoms with Crippen LogP contribution in [-0.4, -0.2) is 18.3 Å². The minimum Gasteiger partial charge on any atom is -0.313 e. The quantitative estimate of drug-likeness (QED) is 0.761. The van der Waals surface area contributed by atoms with E-state index < -0.39 is 0 Å². The van der Waals surface area contributed by atoms with Crippen LogP contribution in [0.2, 0.25) is 0 Å². The summed E-state index contributed by atoms with van der Waals surface area (Å²) in [5.41, 5.74) is 2.84. The van der Waals surface area contributed by atoms with Crippen molar-refractivity contribution in [3.05, 3.63) is 65.7 Å². The number of nitrogens with one attached hydrogen (secondary N) is 1. The zero-order chi connectivity index (χ0) is 14.2. The van der Waals surface area contributed by atoms with Gasteiger partial charge in [-0.2, -0.15) is 0 Å². The van der Waals surface area contributed by atoms with Gasteiger partial charge in [0.05, 0.1) is 0 Å².